The third kappa shape index (κ3) is 20.2. The Hall–Kier alpha value is -7.05. The molecule has 0 aromatic heterocycles. The van der Waals surface area contributed by atoms with Crippen LogP contribution >= 0.6 is 0 Å². The van der Waals surface area contributed by atoms with Crippen molar-refractivity contribution in [2.75, 3.05) is 96.3 Å². The number of rotatable bonds is 16. The molecule has 6 fully saturated rings. The highest BCUT2D eigenvalue weighted by atomic mass is 19.4. The first-order valence-electron chi connectivity index (χ1n) is 39.4. The van der Waals surface area contributed by atoms with Gasteiger partial charge in [-0.05, 0) is 133 Å². The molecule has 0 radical (unpaired) electrons. The number of fused-ring (bicyclic) bond motifs is 4. The molecular formula is C77H123F5N12O14. The second kappa shape index (κ2) is 38.3. The first-order chi connectivity index (χ1) is 50.9. The zero-order valence-corrected chi connectivity index (χ0v) is 66.5. The maximum Gasteiger partial charge on any atom is 0.394 e. The first-order valence-corrected chi connectivity index (χ1v) is 39.4. The number of carbonyl (C=O) groups is 12. The molecule has 4 aliphatic heterocycles. The molecule has 7 rings (SSSR count). The molecular weight excluding hydrogens is 1410 g/mol. The smallest absolute Gasteiger partial charge is 0.381 e. The lowest BCUT2D eigenvalue weighted by molar-refractivity contribution is -0.215. The van der Waals surface area contributed by atoms with Crippen LogP contribution in [0.25, 0.3) is 0 Å². The molecule has 7 aliphatic rings. The molecule has 31 heteroatoms. The van der Waals surface area contributed by atoms with E-state index in [0.717, 1.165) is 9.80 Å². The van der Waals surface area contributed by atoms with Crippen LogP contribution in [0.4, 0.5) is 22.0 Å². The molecule has 3 aliphatic carbocycles. The highest BCUT2D eigenvalue weighted by Gasteiger charge is 2.57. The minimum Gasteiger partial charge on any atom is -0.381 e. The van der Waals surface area contributed by atoms with E-state index in [-0.39, 0.29) is 123 Å². The van der Waals surface area contributed by atoms with Crippen LogP contribution in [-0.2, 0) is 67.0 Å². The molecule has 610 valence electrons. The Kier molecular flexibility index (Phi) is 31.2. The molecule has 0 aromatic carbocycles. The van der Waals surface area contributed by atoms with Crippen molar-refractivity contribution in [1.82, 2.24) is 59.6 Å². The van der Waals surface area contributed by atoms with Crippen molar-refractivity contribution in [1.29, 1.82) is 0 Å². The Morgan fingerprint density at radius 2 is 1.31 bits per heavy atom. The van der Waals surface area contributed by atoms with Gasteiger partial charge in [-0.15, -0.1) is 0 Å². The summed E-state index contributed by atoms with van der Waals surface area (Å²) < 4.78 is 84.3. The molecule has 26 nitrogen and oxygen atoms in total. The minimum absolute atomic E-state index is 0.000771. The first kappa shape index (κ1) is 88.2. The van der Waals surface area contributed by atoms with Crippen molar-refractivity contribution in [2.24, 2.45) is 29.6 Å². The van der Waals surface area contributed by atoms with Crippen molar-refractivity contribution in [2.45, 2.75) is 280 Å². The predicted octanol–water partition coefficient (Wildman–Crippen LogP) is 6.41. The maximum absolute atomic E-state index is 15.8. The average Bonchev–Trinajstić information content (AvgIpc) is 0.856. The molecule has 108 heavy (non-hydrogen) atoms. The van der Waals surface area contributed by atoms with Gasteiger partial charge >= 0.3 is 6.18 Å². The van der Waals surface area contributed by atoms with E-state index >= 15 is 38.4 Å². The number of nitrogens with one attached hydrogen (secondary N) is 2. The summed E-state index contributed by atoms with van der Waals surface area (Å²) in [5.74, 6) is -15.0. The third-order valence-corrected chi connectivity index (χ3v) is 24.9. The number of nitrogens with zero attached hydrogens (tertiary/aromatic N) is 10. The van der Waals surface area contributed by atoms with E-state index in [0.29, 0.717) is 38.5 Å². The van der Waals surface area contributed by atoms with Gasteiger partial charge < -0.3 is 69.1 Å². The lowest BCUT2D eigenvalue weighted by Gasteiger charge is -2.51. The summed E-state index contributed by atoms with van der Waals surface area (Å²) >= 11 is 0. The van der Waals surface area contributed by atoms with E-state index in [1.54, 1.807) is 26.0 Å². The Morgan fingerprint density at radius 1 is 0.648 bits per heavy atom. The van der Waals surface area contributed by atoms with Crippen LogP contribution in [0.5, 0.6) is 0 Å². The van der Waals surface area contributed by atoms with Crippen LogP contribution in [0.2, 0.25) is 0 Å². The van der Waals surface area contributed by atoms with Crippen LogP contribution in [0, 0.1) is 29.6 Å². The molecule has 14 atom stereocenters. The third-order valence-electron chi connectivity index (χ3n) is 24.9. The van der Waals surface area contributed by atoms with Crippen molar-refractivity contribution in [3.05, 3.63) is 12.2 Å². The Bertz CT molecular complexity index is 3220. The maximum atomic E-state index is 15.8. The van der Waals surface area contributed by atoms with Crippen LogP contribution < -0.4 is 10.6 Å². The molecule has 0 aromatic rings. The number of ether oxygens (including phenoxy) is 2. The molecule has 3 saturated heterocycles. The van der Waals surface area contributed by atoms with E-state index in [4.69, 9.17) is 9.47 Å². The van der Waals surface area contributed by atoms with Gasteiger partial charge in [0.1, 0.15) is 59.9 Å². The predicted molar refractivity (Wildman–Crippen MR) is 391 cm³/mol. The summed E-state index contributed by atoms with van der Waals surface area (Å²) in [7, 11) is 12.6. The molecule has 12 amide bonds. The van der Waals surface area contributed by atoms with E-state index in [2.05, 4.69) is 10.6 Å². The van der Waals surface area contributed by atoms with Gasteiger partial charge in [0, 0.05) is 109 Å². The zero-order chi connectivity index (χ0) is 80.2. The highest BCUT2D eigenvalue weighted by Crippen LogP contribution is 2.45. The van der Waals surface area contributed by atoms with Gasteiger partial charge in [0.15, 0.2) is 0 Å². The number of hydrogen-bond donors (Lipinski definition) is 2. The number of hydrogen-bond acceptors (Lipinski definition) is 14. The quantitative estimate of drug-likeness (QED) is 0.125. The fraction of sp³-hybridized carbons (Fsp3) is 0.818. The standard InChI is InChI=1S/C77H123F5N12O14/c1-16-26-54-65(97)84-63(47(6)17-2)72(104)92-40-24-28-56(92)69(101)88(11)55-27-22-21-23-39-93(71(55)103)58(41-49-33-37-76(78,79)38-34-49)68(100)86(9)46-61(95)83-53(32-30-48-29-31-52(77(80,81)82)60(42-48)107-15)66(98)94-45-51(108-20-5)43-59(94)70(102)91(14)75(35-25-36-75)74(106)90(13)64(50(18-3)19-4)73(105)89(12)57(67(99)85(7)8)44-62(96)87(54)10/h21-22,47-60,63-64H,16-20,23-46H2,1-15H3,(H,83,95)(H,84,97)/b22-21-/t47-,48?,51+,52?,53-,54-,55-,56-,57-,58-,59-,60?,63-,64-/m0/s1. The molecule has 1 spiro atoms. The normalized spacial score (nSPS) is 30.8. The summed E-state index contributed by atoms with van der Waals surface area (Å²) in [6.07, 6.45) is -1.92. The summed E-state index contributed by atoms with van der Waals surface area (Å²) in [6, 6.07) is -11.8. The fourth-order valence-corrected chi connectivity index (χ4v) is 17.6. The van der Waals surface area contributed by atoms with E-state index in [9.17, 15) is 41.1 Å². The zero-order valence-electron chi connectivity index (χ0n) is 66.5. The van der Waals surface area contributed by atoms with Crippen LogP contribution in [0.1, 0.15) is 196 Å². The van der Waals surface area contributed by atoms with Crippen molar-refractivity contribution >= 4 is 70.9 Å². The van der Waals surface area contributed by atoms with E-state index in [1.165, 1.54) is 103 Å². The molecule has 3 saturated carbocycles. The van der Waals surface area contributed by atoms with Crippen molar-refractivity contribution in [3.8, 4) is 0 Å². The number of carbonyl (C=O) groups excluding carboxylic acids is 12. The second-order valence-corrected chi connectivity index (χ2v) is 31.8. The van der Waals surface area contributed by atoms with Gasteiger partial charge in [0.25, 0.3) is 0 Å². The summed E-state index contributed by atoms with van der Waals surface area (Å²) in [5.41, 5.74) is -1.59. The van der Waals surface area contributed by atoms with E-state index < -0.39 is 211 Å². The molecule has 4 heterocycles. The Balaban J connectivity index is 1.35. The SMILES string of the molecule is CCC[C@H]1C(=O)N[C@@H]([C@@H](C)CC)C(=O)N2CCC[C@H]2C(=O)N(C)[C@H]2C/C=C\CCN(C2=O)[C@@H](CC2CCC(F)(F)CC2)C(=O)N(C)CC(=O)N[C@@H](CCC2CCC(C(F)(F)F)C(OC)C2)C(=O)N2C[C@H](OCC)C[C@H]2C(=O)N(C)C2(CCC2)C(=O)N(C)[C@@H](C(CC)CC)C(=O)N(C)[C@H](C(=O)N(C)C)CC(=O)N1C. The lowest BCUT2D eigenvalue weighted by atomic mass is 9.73. The van der Waals surface area contributed by atoms with Crippen LogP contribution in [0.3, 0.4) is 0 Å². The number of alkyl halides is 5. The monoisotopic (exact) mass is 1530 g/mol. The fourth-order valence-electron chi connectivity index (χ4n) is 17.6. The number of halogens is 5. The largest absolute Gasteiger partial charge is 0.394 e. The highest BCUT2D eigenvalue weighted by molar-refractivity contribution is 6.01. The molecule has 2 bridgehead atoms. The van der Waals surface area contributed by atoms with Crippen LogP contribution in [0.15, 0.2) is 12.2 Å². The van der Waals surface area contributed by atoms with Gasteiger partial charge in [0.05, 0.1) is 31.1 Å². The summed E-state index contributed by atoms with van der Waals surface area (Å²) in [4.78, 5) is 196. The summed E-state index contributed by atoms with van der Waals surface area (Å²) in [6.45, 7) is 10.1. The Morgan fingerprint density at radius 3 is 1.90 bits per heavy atom. The van der Waals surface area contributed by atoms with Crippen molar-refractivity contribution < 1.29 is 89.0 Å². The number of methoxy groups -OCH3 is 1. The topological polar surface area (TPSA) is 280 Å². The van der Waals surface area contributed by atoms with Gasteiger partial charge in [-0.1, -0.05) is 72.5 Å². The molecule has 3 unspecified atom stereocenters. The van der Waals surface area contributed by atoms with Gasteiger partial charge in [-0.25, -0.2) is 8.78 Å². The van der Waals surface area contributed by atoms with Crippen molar-refractivity contribution in [3.63, 3.8) is 0 Å². The second-order valence-electron chi connectivity index (χ2n) is 31.8. The number of amides is 12. The average molecular weight is 1540 g/mol. The van der Waals surface area contributed by atoms with Gasteiger partial charge in [-0.3, -0.25) is 57.5 Å². The lowest BCUT2D eigenvalue weighted by Crippen LogP contribution is -2.68. The van der Waals surface area contributed by atoms with Crippen LogP contribution in [-0.4, -0.2) is 300 Å². The number of likely N-dealkylation sites (N-methyl/N-ethyl adjacent to an activating group) is 7. The minimum atomic E-state index is -4.55. The van der Waals surface area contributed by atoms with Gasteiger partial charge in [0.2, 0.25) is 76.8 Å². The Labute approximate surface area is 634 Å². The van der Waals surface area contributed by atoms with E-state index in [1.807, 2.05) is 27.7 Å². The molecule has 2 N–H and O–H groups in total. The summed E-state index contributed by atoms with van der Waals surface area (Å²) in [5, 5.41) is 5.77. The van der Waals surface area contributed by atoms with Gasteiger partial charge in [-0.2, -0.15) is 13.2 Å².